The van der Waals surface area contributed by atoms with Crippen LogP contribution in [0.25, 0.3) is 0 Å². The Bertz CT molecular complexity index is 766. The summed E-state index contributed by atoms with van der Waals surface area (Å²) in [6.07, 6.45) is 0. The van der Waals surface area contributed by atoms with Gasteiger partial charge in [0.05, 0.1) is 16.8 Å². The van der Waals surface area contributed by atoms with Crippen LogP contribution in [0.1, 0.15) is 51.7 Å². The predicted molar refractivity (Wildman–Crippen MR) is 91.5 cm³/mol. The number of amides is 1. The van der Waals surface area contributed by atoms with E-state index in [1.807, 2.05) is 13.8 Å². The molecule has 1 N–H and O–H groups in total. The van der Waals surface area contributed by atoms with Crippen LogP contribution in [0.15, 0.2) is 24.3 Å². The SMILES string of the molecule is CC(C)c1nn(C)c(Cl)c1C(=O)N(C)Cc1ccc(C(=O)O)cc1. The second-order valence-corrected chi connectivity index (χ2v) is 6.35. The number of carbonyl (C=O) groups is 2. The second-order valence-electron chi connectivity index (χ2n) is 5.99. The van der Waals surface area contributed by atoms with Gasteiger partial charge < -0.3 is 10.0 Å². The summed E-state index contributed by atoms with van der Waals surface area (Å²) in [4.78, 5) is 25.2. The first-order valence-electron chi connectivity index (χ1n) is 7.52. The van der Waals surface area contributed by atoms with Crippen LogP contribution in [-0.2, 0) is 13.6 Å². The monoisotopic (exact) mass is 349 g/mol. The largest absolute Gasteiger partial charge is 0.478 e. The van der Waals surface area contributed by atoms with E-state index >= 15 is 0 Å². The molecule has 0 spiro atoms. The molecule has 0 aliphatic carbocycles. The first-order valence-corrected chi connectivity index (χ1v) is 7.90. The molecule has 1 heterocycles. The minimum Gasteiger partial charge on any atom is -0.478 e. The number of aromatic carboxylic acids is 1. The van der Waals surface area contributed by atoms with Crippen LogP contribution in [0.3, 0.4) is 0 Å². The predicted octanol–water partition coefficient (Wildman–Crippen LogP) is 3.17. The maximum Gasteiger partial charge on any atom is 0.335 e. The number of rotatable bonds is 5. The molecule has 1 amide bonds. The quantitative estimate of drug-likeness (QED) is 0.899. The Hall–Kier alpha value is -2.34. The van der Waals surface area contributed by atoms with Crippen molar-refractivity contribution < 1.29 is 14.7 Å². The number of hydrogen-bond acceptors (Lipinski definition) is 3. The van der Waals surface area contributed by atoms with Gasteiger partial charge in [-0.05, 0) is 23.6 Å². The highest BCUT2D eigenvalue weighted by Crippen LogP contribution is 2.26. The van der Waals surface area contributed by atoms with Gasteiger partial charge in [-0.1, -0.05) is 37.6 Å². The number of halogens is 1. The van der Waals surface area contributed by atoms with E-state index in [1.54, 1.807) is 31.1 Å². The molecular weight excluding hydrogens is 330 g/mol. The molecule has 1 aromatic heterocycles. The second kappa shape index (κ2) is 7.05. The average Bonchev–Trinajstić information content (AvgIpc) is 2.83. The lowest BCUT2D eigenvalue weighted by Gasteiger charge is -2.18. The van der Waals surface area contributed by atoms with Crippen molar-refractivity contribution in [2.45, 2.75) is 26.3 Å². The molecule has 0 aliphatic rings. The van der Waals surface area contributed by atoms with E-state index in [9.17, 15) is 9.59 Å². The summed E-state index contributed by atoms with van der Waals surface area (Å²) in [6.45, 7) is 4.27. The van der Waals surface area contributed by atoms with E-state index in [0.717, 1.165) is 5.56 Å². The van der Waals surface area contributed by atoms with Crippen molar-refractivity contribution in [1.82, 2.24) is 14.7 Å². The summed E-state index contributed by atoms with van der Waals surface area (Å²) < 4.78 is 1.50. The fourth-order valence-electron chi connectivity index (χ4n) is 2.41. The fraction of sp³-hybridized carbons (Fsp3) is 0.353. The third kappa shape index (κ3) is 3.59. The van der Waals surface area contributed by atoms with Crippen LogP contribution in [0.2, 0.25) is 5.15 Å². The van der Waals surface area contributed by atoms with Gasteiger partial charge in [0.2, 0.25) is 0 Å². The van der Waals surface area contributed by atoms with Gasteiger partial charge in [-0.15, -0.1) is 0 Å². The topological polar surface area (TPSA) is 75.4 Å². The molecule has 0 fully saturated rings. The maximum absolute atomic E-state index is 12.8. The molecule has 24 heavy (non-hydrogen) atoms. The van der Waals surface area contributed by atoms with Gasteiger partial charge >= 0.3 is 5.97 Å². The lowest BCUT2D eigenvalue weighted by molar-refractivity contribution is 0.0695. The zero-order valence-corrected chi connectivity index (χ0v) is 14.8. The van der Waals surface area contributed by atoms with Gasteiger partial charge in [-0.3, -0.25) is 9.48 Å². The third-order valence-corrected chi connectivity index (χ3v) is 4.17. The summed E-state index contributed by atoms with van der Waals surface area (Å²) in [7, 11) is 3.39. The summed E-state index contributed by atoms with van der Waals surface area (Å²) in [5.41, 5.74) is 2.13. The van der Waals surface area contributed by atoms with Gasteiger partial charge in [-0.25, -0.2) is 4.79 Å². The Morgan fingerprint density at radius 3 is 2.38 bits per heavy atom. The van der Waals surface area contributed by atoms with Gasteiger partial charge in [0, 0.05) is 20.6 Å². The highest BCUT2D eigenvalue weighted by atomic mass is 35.5. The van der Waals surface area contributed by atoms with Crippen LogP contribution < -0.4 is 0 Å². The van der Waals surface area contributed by atoms with Crippen LogP contribution >= 0.6 is 11.6 Å². The van der Waals surface area contributed by atoms with Crippen LogP contribution in [0.5, 0.6) is 0 Å². The Labute approximate surface area is 145 Å². The molecular formula is C17H20ClN3O3. The van der Waals surface area contributed by atoms with Crippen molar-refractivity contribution >= 4 is 23.5 Å². The summed E-state index contributed by atoms with van der Waals surface area (Å²) >= 11 is 6.24. The zero-order valence-electron chi connectivity index (χ0n) is 14.1. The van der Waals surface area contributed by atoms with E-state index in [-0.39, 0.29) is 17.4 Å². The molecule has 7 heteroatoms. The van der Waals surface area contributed by atoms with Gasteiger partial charge in [0.25, 0.3) is 5.91 Å². The number of carboxylic acids is 1. The summed E-state index contributed by atoms with van der Waals surface area (Å²) in [5.74, 6) is -1.11. The number of hydrogen-bond donors (Lipinski definition) is 1. The molecule has 0 unspecified atom stereocenters. The number of carboxylic acid groups (broad SMARTS) is 1. The third-order valence-electron chi connectivity index (χ3n) is 3.73. The molecule has 0 bridgehead atoms. The molecule has 0 saturated heterocycles. The zero-order chi connectivity index (χ0) is 18.0. The van der Waals surface area contributed by atoms with Crippen molar-refractivity contribution in [3.8, 4) is 0 Å². The van der Waals surface area contributed by atoms with E-state index in [0.29, 0.717) is 23.0 Å². The minimum absolute atomic E-state index is 0.0749. The van der Waals surface area contributed by atoms with E-state index in [1.165, 1.54) is 16.8 Å². The van der Waals surface area contributed by atoms with Crippen molar-refractivity contribution in [2.75, 3.05) is 7.05 Å². The molecule has 6 nitrogen and oxygen atoms in total. The minimum atomic E-state index is -0.977. The van der Waals surface area contributed by atoms with Crippen LogP contribution in [0.4, 0.5) is 0 Å². The number of carbonyl (C=O) groups excluding carboxylic acids is 1. The fourth-order valence-corrected chi connectivity index (χ4v) is 2.63. The lowest BCUT2D eigenvalue weighted by atomic mass is 10.1. The van der Waals surface area contributed by atoms with Crippen molar-refractivity contribution in [1.29, 1.82) is 0 Å². The van der Waals surface area contributed by atoms with Crippen LogP contribution in [-0.4, -0.2) is 38.7 Å². The van der Waals surface area contributed by atoms with Crippen molar-refractivity contribution in [2.24, 2.45) is 7.05 Å². The Balaban J connectivity index is 2.22. The van der Waals surface area contributed by atoms with Crippen molar-refractivity contribution in [3.05, 3.63) is 51.8 Å². The van der Waals surface area contributed by atoms with Crippen LogP contribution in [0, 0.1) is 0 Å². The number of aryl methyl sites for hydroxylation is 1. The first kappa shape index (κ1) is 18.0. The van der Waals surface area contributed by atoms with Gasteiger partial charge in [0.1, 0.15) is 5.15 Å². The van der Waals surface area contributed by atoms with Crippen molar-refractivity contribution in [3.63, 3.8) is 0 Å². The highest BCUT2D eigenvalue weighted by Gasteiger charge is 2.25. The molecule has 0 atom stereocenters. The molecule has 2 rings (SSSR count). The number of benzene rings is 1. The van der Waals surface area contributed by atoms with E-state index in [4.69, 9.17) is 16.7 Å². The average molecular weight is 350 g/mol. The smallest absolute Gasteiger partial charge is 0.335 e. The normalized spacial score (nSPS) is 10.9. The first-order chi connectivity index (χ1) is 11.2. The Kier molecular flexibility index (Phi) is 5.29. The van der Waals surface area contributed by atoms with Gasteiger partial charge in [0.15, 0.2) is 0 Å². The summed E-state index contributed by atoms with van der Waals surface area (Å²) in [6, 6.07) is 6.43. The molecule has 0 aliphatic heterocycles. The maximum atomic E-state index is 12.8. The molecule has 2 aromatic rings. The highest BCUT2D eigenvalue weighted by molar-refractivity contribution is 6.33. The molecule has 0 radical (unpaired) electrons. The molecule has 1 aromatic carbocycles. The standard InChI is InChI=1S/C17H20ClN3O3/c1-10(2)14-13(15(18)21(4)19-14)16(22)20(3)9-11-5-7-12(8-6-11)17(23)24/h5-8,10H,9H2,1-4H3,(H,23,24). The lowest BCUT2D eigenvalue weighted by Crippen LogP contribution is -2.27. The summed E-state index contributed by atoms with van der Waals surface area (Å²) in [5, 5.41) is 13.6. The number of nitrogens with zero attached hydrogens (tertiary/aromatic N) is 3. The van der Waals surface area contributed by atoms with E-state index < -0.39 is 5.97 Å². The molecule has 128 valence electrons. The Morgan fingerprint density at radius 2 is 1.88 bits per heavy atom. The Morgan fingerprint density at radius 1 is 1.29 bits per heavy atom. The van der Waals surface area contributed by atoms with Gasteiger partial charge in [-0.2, -0.15) is 5.10 Å². The number of aromatic nitrogens is 2. The molecule has 0 saturated carbocycles. The van der Waals surface area contributed by atoms with E-state index in [2.05, 4.69) is 5.10 Å².